The summed E-state index contributed by atoms with van der Waals surface area (Å²) in [5.41, 5.74) is 4.17. The van der Waals surface area contributed by atoms with Gasteiger partial charge in [-0.1, -0.05) is 25.1 Å². The van der Waals surface area contributed by atoms with Crippen LogP contribution >= 0.6 is 11.6 Å². The fourth-order valence-electron chi connectivity index (χ4n) is 2.67. The van der Waals surface area contributed by atoms with E-state index in [2.05, 4.69) is 43.9 Å². The lowest BCUT2D eigenvalue weighted by Gasteiger charge is -2.25. The smallest absolute Gasteiger partial charge is 0.0382 e. The highest BCUT2D eigenvalue weighted by Crippen LogP contribution is 2.26. The second-order valence-corrected chi connectivity index (χ2v) is 5.69. The van der Waals surface area contributed by atoms with Crippen molar-refractivity contribution in [1.29, 1.82) is 0 Å². The van der Waals surface area contributed by atoms with Gasteiger partial charge in [-0.2, -0.15) is 0 Å². The molecule has 0 spiro atoms. The normalized spacial score (nSPS) is 25.4. The SMILES string of the molecule is Cc1ccc(CN2CCC(C)C2CCl)cc1C. The first kappa shape index (κ1) is 12.9. The zero-order chi connectivity index (χ0) is 12.4. The Morgan fingerprint density at radius 1 is 1.29 bits per heavy atom. The third-order valence-corrected chi connectivity index (χ3v) is 4.43. The molecule has 0 aliphatic carbocycles. The summed E-state index contributed by atoms with van der Waals surface area (Å²) in [6.45, 7) is 8.89. The van der Waals surface area contributed by atoms with Gasteiger partial charge in [0.15, 0.2) is 0 Å². The quantitative estimate of drug-likeness (QED) is 0.740. The molecule has 2 unspecified atom stereocenters. The van der Waals surface area contributed by atoms with Crippen LogP contribution in [-0.4, -0.2) is 23.4 Å². The maximum Gasteiger partial charge on any atom is 0.0382 e. The molecule has 17 heavy (non-hydrogen) atoms. The van der Waals surface area contributed by atoms with E-state index in [4.69, 9.17) is 11.6 Å². The molecule has 1 saturated heterocycles. The van der Waals surface area contributed by atoms with E-state index in [9.17, 15) is 0 Å². The first-order chi connectivity index (χ1) is 8.11. The Balaban J connectivity index is 2.07. The van der Waals surface area contributed by atoms with Crippen LogP contribution in [-0.2, 0) is 6.54 Å². The lowest BCUT2D eigenvalue weighted by molar-refractivity contribution is 0.242. The second kappa shape index (κ2) is 5.41. The van der Waals surface area contributed by atoms with Crippen molar-refractivity contribution in [3.8, 4) is 0 Å². The molecule has 0 aromatic heterocycles. The van der Waals surface area contributed by atoms with Crippen LogP contribution in [0.25, 0.3) is 0 Å². The van der Waals surface area contributed by atoms with Gasteiger partial charge in [-0.15, -0.1) is 11.6 Å². The van der Waals surface area contributed by atoms with Gasteiger partial charge in [0.05, 0.1) is 0 Å². The molecule has 1 aromatic rings. The van der Waals surface area contributed by atoms with Crippen molar-refractivity contribution >= 4 is 11.6 Å². The number of hydrogen-bond acceptors (Lipinski definition) is 1. The molecule has 1 nitrogen and oxygen atoms in total. The number of aryl methyl sites for hydroxylation is 2. The Hall–Kier alpha value is -0.530. The monoisotopic (exact) mass is 251 g/mol. The molecule has 2 atom stereocenters. The lowest BCUT2D eigenvalue weighted by Crippen LogP contribution is -2.33. The van der Waals surface area contributed by atoms with Crippen LogP contribution in [0.2, 0.25) is 0 Å². The molecule has 0 saturated carbocycles. The summed E-state index contributed by atoms with van der Waals surface area (Å²) in [5, 5.41) is 0. The standard InChI is InChI=1S/C15H22ClN/c1-11-4-5-14(8-13(11)3)10-17-7-6-12(2)15(17)9-16/h4-5,8,12,15H,6-7,9-10H2,1-3H3. The highest BCUT2D eigenvalue weighted by Gasteiger charge is 2.29. The summed E-state index contributed by atoms with van der Waals surface area (Å²) < 4.78 is 0. The zero-order valence-electron chi connectivity index (χ0n) is 11.0. The molecule has 1 aliphatic heterocycles. The fourth-order valence-corrected chi connectivity index (χ4v) is 3.17. The predicted molar refractivity (Wildman–Crippen MR) is 74.6 cm³/mol. The molecule has 0 amide bonds. The number of nitrogens with zero attached hydrogens (tertiary/aromatic N) is 1. The molecule has 2 rings (SSSR count). The molecule has 2 heteroatoms. The molecule has 1 aliphatic rings. The van der Waals surface area contributed by atoms with E-state index in [1.807, 2.05) is 0 Å². The van der Waals surface area contributed by atoms with Crippen LogP contribution in [0, 0.1) is 19.8 Å². The van der Waals surface area contributed by atoms with Crippen LogP contribution in [0.3, 0.4) is 0 Å². The number of alkyl halides is 1. The average molecular weight is 252 g/mol. The summed E-state index contributed by atoms with van der Waals surface area (Å²) in [4.78, 5) is 2.53. The maximum absolute atomic E-state index is 6.08. The van der Waals surface area contributed by atoms with E-state index in [1.165, 1.54) is 29.7 Å². The average Bonchev–Trinajstić information content (AvgIpc) is 2.64. The number of rotatable bonds is 3. The minimum absolute atomic E-state index is 0.554. The van der Waals surface area contributed by atoms with E-state index in [0.717, 1.165) is 18.3 Å². The van der Waals surface area contributed by atoms with Crippen LogP contribution in [0.15, 0.2) is 18.2 Å². The Morgan fingerprint density at radius 2 is 2.06 bits per heavy atom. The number of halogens is 1. The van der Waals surface area contributed by atoms with Crippen molar-refractivity contribution in [3.05, 3.63) is 34.9 Å². The Bertz CT molecular complexity index is 389. The van der Waals surface area contributed by atoms with Crippen molar-refractivity contribution in [2.24, 2.45) is 5.92 Å². The van der Waals surface area contributed by atoms with E-state index in [0.29, 0.717) is 6.04 Å². The first-order valence-corrected chi connectivity index (χ1v) is 7.01. The highest BCUT2D eigenvalue weighted by atomic mass is 35.5. The van der Waals surface area contributed by atoms with Crippen LogP contribution in [0.1, 0.15) is 30.0 Å². The second-order valence-electron chi connectivity index (χ2n) is 5.38. The maximum atomic E-state index is 6.08. The molecular weight excluding hydrogens is 230 g/mol. The van der Waals surface area contributed by atoms with Crippen molar-refractivity contribution in [2.45, 2.75) is 39.8 Å². The fraction of sp³-hybridized carbons (Fsp3) is 0.600. The first-order valence-electron chi connectivity index (χ1n) is 6.48. The zero-order valence-corrected chi connectivity index (χ0v) is 11.8. The van der Waals surface area contributed by atoms with Gasteiger partial charge in [0.1, 0.15) is 0 Å². The Morgan fingerprint density at radius 3 is 2.71 bits per heavy atom. The summed E-state index contributed by atoms with van der Waals surface area (Å²) in [6, 6.07) is 7.33. The Labute approximate surface area is 110 Å². The molecule has 94 valence electrons. The molecule has 1 heterocycles. The highest BCUT2D eigenvalue weighted by molar-refractivity contribution is 6.18. The third-order valence-electron chi connectivity index (χ3n) is 4.11. The van der Waals surface area contributed by atoms with Gasteiger partial charge in [0.25, 0.3) is 0 Å². The van der Waals surface area contributed by atoms with Crippen molar-refractivity contribution in [1.82, 2.24) is 4.90 Å². The van der Waals surface area contributed by atoms with Gasteiger partial charge < -0.3 is 0 Å². The molecule has 0 radical (unpaired) electrons. The van der Waals surface area contributed by atoms with Crippen molar-refractivity contribution in [2.75, 3.05) is 12.4 Å². The van der Waals surface area contributed by atoms with Gasteiger partial charge >= 0.3 is 0 Å². The number of hydrogen-bond donors (Lipinski definition) is 0. The molecular formula is C15H22ClN. The van der Waals surface area contributed by atoms with Crippen LogP contribution in [0.5, 0.6) is 0 Å². The lowest BCUT2D eigenvalue weighted by atomic mass is 10.0. The van der Waals surface area contributed by atoms with Crippen LogP contribution in [0.4, 0.5) is 0 Å². The summed E-state index contributed by atoms with van der Waals surface area (Å²) in [5.74, 6) is 1.49. The summed E-state index contributed by atoms with van der Waals surface area (Å²) in [7, 11) is 0. The van der Waals surface area contributed by atoms with Crippen molar-refractivity contribution < 1.29 is 0 Å². The molecule has 0 bridgehead atoms. The van der Waals surface area contributed by atoms with E-state index >= 15 is 0 Å². The Kier molecular flexibility index (Phi) is 4.11. The molecule has 0 N–H and O–H groups in total. The summed E-state index contributed by atoms with van der Waals surface area (Å²) >= 11 is 6.08. The minimum Gasteiger partial charge on any atom is -0.295 e. The van der Waals surface area contributed by atoms with Gasteiger partial charge in [0, 0.05) is 18.5 Å². The largest absolute Gasteiger partial charge is 0.295 e. The topological polar surface area (TPSA) is 3.24 Å². The van der Waals surface area contributed by atoms with E-state index in [1.54, 1.807) is 0 Å². The van der Waals surface area contributed by atoms with E-state index < -0.39 is 0 Å². The van der Waals surface area contributed by atoms with Gasteiger partial charge in [-0.3, -0.25) is 4.90 Å². The minimum atomic E-state index is 0.554. The van der Waals surface area contributed by atoms with Gasteiger partial charge in [-0.25, -0.2) is 0 Å². The van der Waals surface area contributed by atoms with Gasteiger partial charge in [-0.05, 0) is 49.4 Å². The van der Waals surface area contributed by atoms with E-state index in [-0.39, 0.29) is 0 Å². The predicted octanol–water partition coefficient (Wildman–Crippen LogP) is 3.75. The number of benzene rings is 1. The van der Waals surface area contributed by atoms with Gasteiger partial charge in [0.2, 0.25) is 0 Å². The number of likely N-dealkylation sites (tertiary alicyclic amines) is 1. The van der Waals surface area contributed by atoms with Crippen molar-refractivity contribution in [3.63, 3.8) is 0 Å². The van der Waals surface area contributed by atoms with Crippen LogP contribution < -0.4 is 0 Å². The third kappa shape index (κ3) is 2.83. The summed E-state index contributed by atoms with van der Waals surface area (Å²) in [6.07, 6.45) is 1.28. The molecule has 1 aromatic carbocycles. The molecule has 1 fully saturated rings.